The van der Waals surface area contributed by atoms with Crippen LogP contribution in [0.2, 0.25) is 5.15 Å². The number of fused-ring (bicyclic) bond motifs is 1. The molecule has 0 aromatic carbocycles. The lowest BCUT2D eigenvalue weighted by Gasteiger charge is -2.34. The van der Waals surface area contributed by atoms with E-state index in [4.69, 9.17) is 16.0 Å². The molecule has 0 radical (unpaired) electrons. The number of nitrogens with zero attached hydrogens (tertiary/aromatic N) is 2. The van der Waals surface area contributed by atoms with Gasteiger partial charge in [0.2, 0.25) is 0 Å². The van der Waals surface area contributed by atoms with E-state index in [2.05, 4.69) is 24.3 Å². The largest absolute Gasteiger partial charge is 0.466 e. The van der Waals surface area contributed by atoms with E-state index >= 15 is 0 Å². The summed E-state index contributed by atoms with van der Waals surface area (Å²) in [5.74, 6) is 1.66. The van der Waals surface area contributed by atoms with Crippen molar-refractivity contribution in [2.45, 2.75) is 46.6 Å². The summed E-state index contributed by atoms with van der Waals surface area (Å²) < 4.78 is 7.33. The monoisotopic (exact) mass is 335 g/mol. The summed E-state index contributed by atoms with van der Waals surface area (Å²) in [6.45, 7) is 8.11. The molecule has 0 saturated heterocycles. The highest BCUT2D eigenvalue weighted by atomic mass is 35.5. The predicted molar refractivity (Wildman–Crippen MR) is 88.7 cm³/mol. The van der Waals surface area contributed by atoms with Gasteiger partial charge in [0.1, 0.15) is 16.7 Å². The zero-order valence-electron chi connectivity index (χ0n) is 14.2. The number of aryl methyl sites for hydroxylation is 3. The second kappa shape index (κ2) is 5.41. The molecular weight excluding hydrogens is 314 g/mol. The maximum Gasteiger partial charge on any atom is 0.256 e. The van der Waals surface area contributed by atoms with E-state index < -0.39 is 0 Å². The van der Waals surface area contributed by atoms with Crippen molar-refractivity contribution in [2.75, 3.05) is 0 Å². The molecule has 0 aliphatic heterocycles. The van der Waals surface area contributed by atoms with Crippen molar-refractivity contribution in [3.05, 3.63) is 39.6 Å². The number of hydrogen-bond donors (Lipinski definition) is 1. The van der Waals surface area contributed by atoms with Gasteiger partial charge in [-0.1, -0.05) is 25.4 Å². The van der Waals surface area contributed by atoms with Gasteiger partial charge < -0.3 is 9.73 Å². The molecule has 2 aromatic heterocycles. The third kappa shape index (κ3) is 2.90. The third-order valence-corrected chi connectivity index (χ3v) is 4.85. The minimum absolute atomic E-state index is 0.0724. The predicted octanol–water partition coefficient (Wildman–Crippen LogP) is 3.73. The minimum atomic E-state index is -0.187. The molecule has 124 valence electrons. The number of nitrogens with one attached hydrogen (secondary N) is 1. The maximum absolute atomic E-state index is 12.7. The van der Waals surface area contributed by atoms with Gasteiger partial charge in [-0.3, -0.25) is 9.48 Å². The van der Waals surface area contributed by atoms with Gasteiger partial charge in [-0.2, -0.15) is 5.10 Å². The Morgan fingerprint density at radius 2 is 2.17 bits per heavy atom. The molecule has 1 atom stereocenters. The number of rotatable bonds is 2. The molecular formula is C17H22ClN3O2. The highest BCUT2D eigenvalue weighted by molar-refractivity contribution is 6.33. The Morgan fingerprint density at radius 1 is 1.48 bits per heavy atom. The molecule has 23 heavy (non-hydrogen) atoms. The molecule has 1 amide bonds. The molecule has 0 bridgehead atoms. The van der Waals surface area contributed by atoms with Crippen molar-refractivity contribution in [3.8, 4) is 0 Å². The SMILES string of the molecule is Cc1cc2c(o1)CC(C)(C)CC2NC(=O)c1c(C)nn(C)c1Cl. The Labute approximate surface area is 141 Å². The molecule has 0 fully saturated rings. The van der Waals surface area contributed by atoms with Crippen LogP contribution in [0.25, 0.3) is 0 Å². The smallest absolute Gasteiger partial charge is 0.256 e. The van der Waals surface area contributed by atoms with E-state index in [-0.39, 0.29) is 17.4 Å². The molecule has 2 aromatic rings. The van der Waals surface area contributed by atoms with E-state index in [0.29, 0.717) is 16.4 Å². The van der Waals surface area contributed by atoms with Crippen LogP contribution in [0.4, 0.5) is 0 Å². The summed E-state index contributed by atoms with van der Waals surface area (Å²) in [6, 6.07) is 1.95. The molecule has 0 saturated carbocycles. The van der Waals surface area contributed by atoms with Crippen molar-refractivity contribution >= 4 is 17.5 Å². The van der Waals surface area contributed by atoms with Crippen molar-refractivity contribution in [1.29, 1.82) is 0 Å². The van der Waals surface area contributed by atoms with Crippen LogP contribution in [0.15, 0.2) is 10.5 Å². The fraction of sp³-hybridized carbons (Fsp3) is 0.529. The van der Waals surface area contributed by atoms with Gasteiger partial charge in [0.05, 0.1) is 17.3 Å². The van der Waals surface area contributed by atoms with Crippen LogP contribution in [0.1, 0.15) is 59.4 Å². The van der Waals surface area contributed by atoms with Crippen molar-refractivity contribution in [2.24, 2.45) is 12.5 Å². The summed E-state index contributed by atoms with van der Waals surface area (Å²) in [6.07, 6.45) is 1.75. The van der Waals surface area contributed by atoms with Crippen LogP contribution in [0.3, 0.4) is 0 Å². The second-order valence-electron chi connectivity index (χ2n) is 7.18. The second-order valence-corrected chi connectivity index (χ2v) is 7.54. The maximum atomic E-state index is 12.7. The Kier molecular flexibility index (Phi) is 3.79. The van der Waals surface area contributed by atoms with Gasteiger partial charge in [0, 0.05) is 19.0 Å². The summed E-state index contributed by atoms with van der Waals surface area (Å²) in [7, 11) is 1.73. The highest BCUT2D eigenvalue weighted by Crippen LogP contribution is 2.42. The summed E-state index contributed by atoms with van der Waals surface area (Å²) in [5, 5.41) is 7.69. The molecule has 5 nitrogen and oxygen atoms in total. The topological polar surface area (TPSA) is 60.1 Å². The number of aromatic nitrogens is 2. The van der Waals surface area contributed by atoms with Crippen LogP contribution in [-0.4, -0.2) is 15.7 Å². The van der Waals surface area contributed by atoms with E-state index in [0.717, 1.165) is 29.9 Å². The number of carbonyl (C=O) groups excluding carboxylic acids is 1. The van der Waals surface area contributed by atoms with Crippen LogP contribution >= 0.6 is 11.6 Å². The first-order valence-corrected chi connectivity index (χ1v) is 8.15. The van der Waals surface area contributed by atoms with Gasteiger partial charge in [-0.05, 0) is 31.7 Å². The fourth-order valence-electron chi connectivity index (χ4n) is 3.43. The number of furan rings is 1. The summed E-state index contributed by atoms with van der Waals surface area (Å²) in [5.41, 5.74) is 2.23. The van der Waals surface area contributed by atoms with Crippen LogP contribution in [-0.2, 0) is 13.5 Å². The molecule has 1 aliphatic rings. The molecule has 0 spiro atoms. The van der Waals surface area contributed by atoms with Gasteiger partial charge in [0.15, 0.2) is 0 Å². The minimum Gasteiger partial charge on any atom is -0.466 e. The summed E-state index contributed by atoms with van der Waals surface area (Å²) >= 11 is 6.21. The van der Waals surface area contributed by atoms with E-state index in [1.807, 2.05) is 13.0 Å². The zero-order valence-corrected chi connectivity index (χ0v) is 14.9. The van der Waals surface area contributed by atoms with Gasteiger partial charge >= 0.3 is 0 Å². The quantitative estimate of drug-likeness (QED) is 0.909. The molecule has 1 N–H and O–H groups in total. The lowest BCUT2D eigenvalue weighted by molar-refractivity contribution is 0.0917. The Bertz CT molecular complexity index is 773. The standard InChI is InChI=1S/C17H22ClN3O2/c1-9-6-11-12(7-17(3,4)8-13(11)23-9)19-16(22)14-10(2)20-21(5)15(14)18/h6,12H,7-8H2,1-5H3,(H,19,22). The Morgan fingerprint density at radius 3 is 2.78 bits per heavy atom. The highest BCUT2D eigenvalue weighted by Gasteiger charge is 2.36. The molecule has 3 rings (SSSR count). The first-order chi connectivity index (χ1) is 10.7. The van der Waals surface area contributed by atoms with Crippen molar-refractivity contribution < 1.29 is 9.21 Å². The Balaban J connectivity index is 1.91. The molecule has 1 aliphatic carbocycles. The molecule has 2 heterocycles. The normalized spacial score (nSPS) is 19.5. The number of hydrogen-bond acceptors (Lipinski definition) is 3. The van der Waals surface area contributed by atoms with E-state index in [9.17, 15) is 4.79 Å². The van der Waals surface area contributed by atoms with Crippen LogP contribution < -0.4 is 5.32 Å². The average Bonchev–Trinajstić information content (AvgIpc) is 2.88. The lowest BCUT2D eigenvalue weighted by Crippen LogP contribution is -2.36. The first-order valence-electron chi connectivity index (χ1n) is 7.77. The Hall–Kier alpha value is -1.75. The van der Waals surface area contributed by atoms with E-state index in [1.54, 1.807) is 14.0 Å². The fourth-order valence-corrected chi connectivity index (χ4v) is 3.69. The number of carbonyl (C=O) groups is 1. The van der Waals surface area contributed by atoms with Crippen LogP contribution in [0.5, 0.6) is 0 Å². The van der Waals surface area contributed by atoms with Crippen molar-refractivity contribution in [1.82, 2.24) is 15.1 Å². The zero-order chi connectivity index (χ0) is 16.9. The van der Waals surface area contributed by atoms with Gasteiger partial charge in [-0.25, -0.2) is 0 Å². The molecule has 1 unspecified atom stereocenters. The van der Waals surface area contributed by atoms with Crippen LogP contribution in [0, 0.1) is 19.3 Å². The van der Waals surface area contributed by atoms with Gasteiger partial charge in [-0.15, -0.1) is 0 Å². The lowest BCUT2D eigenvalue weighted by atomic mass is 9.74. The average molecular weight is 336 g/mol. The number of amides is 1. The van der Waals surface area contributed by atoms with Gasteiger partial charge in [0.25, 0.3) is 5.91 Å². The van der Waals surface area contributed by atoms with E-state index in [1.165, 1.54) is 4.68 Å². The number of halogens is 1. The third-order valence-electron chi connectivity index (χ3n) is 4.42. The molecule has 6 heteroatoms. The van der Waals surface area contributed by atoms with Crippen molar-refractivity contribution in [3.63, 3.8) is 0 Å². The first kappa shape index (κ1) is 16.1. The summed E-state index contributed by atoms with van der Waals surface area (Å²) in [4.78, 5) is 12.7.